The van der Waals surface area contributed by atoms with Crippen LogP contribution < -0.4 is 0 Å². The predicted molar refractivity (Wildman–Crippen MR) is 94.7 cm³/mol. The molecule has 6 nitrogen and oxygen atoms in total. The van der Waals surface area contributed by atoms with Crippen LogP contribution in [0.1, 0.15) is 24.8 Å². The Bertz CT molecular complexity index is 808. The Morgan fingerprint density at radius 1 is 1.40 bits per heavy atom. The second-order valence-corrected chi connectivity index (χ2v) is 9.30. The second kappa shape index (κ2) is 6.86. The molecule has 1 aromatic carbocycles. The molecule has 25 heavy (non-hydrogen) atoms. The highest BCUT2D eigenvalue weighted by atomic mass is 35.5. The second-order valence-electron chi connectivity index (χ2n) is 6.99. The third-order valence-corrected chi connectivity index (χ3v) is 8.00. The molecule has 0 radical (unpaired) electrons. The number of likely N-dealkylation sites (tertiary alicyclic amines) is 1. The lowest BCUT2D eigenvalue weighted by Crippen LogP contribution is -2.62. The van der Waals surface area contributed by atoms with E-state index in [4.69, 9.17) is 16.9 Å². The van der Waals surface area contributed by atoms with Gasteiger partial charge in [0.05, 0.1) is 23.3 Å². The van der Waals surface area contributed by atoms with Crippen molar-refractivity contribution in [2.45, 2.75) is 30.2 Å². The first kappa shape index (κ1) is 18.6. The zero-order valence-corrected chi connectivity index (χ0v) is 15.7. The highest BCUT2D eigenvalue weighted by Gasteiger charge is 2.48. The summed E-state index contributed by atoms with van der Waals surface area (Å²) in [5.74, 6) is 0. The fourth-order valence-electron chi connectivity index (χ4n) is 4.13. The van der Waals surface area contributed by atoms with E-state index in [2.05, 4.69) is 4.90 Å². The molecule has 0 spiro atoms. The Kier molecular flexibility index (Phi) is 5.11. The minimum absolute atomic E-state index is 0.00747. The zero-order chi connectivity index (χ0) is 18.2. The first-order valence-corrected chi connectivity index (χ1v) is 10.2. The molecule has 2 aliphatic heterocycles. The summed E-state index contributed by atoms with van der Waals surface area (Å²) < 4.78 is 27.6. The van der Waals surface area contributed by atoms with E-state index in [9.17, 15) is 13.5 Å². The van der Waals surface area contributed by atoms with Gasteiger partial charge in [-0.1, -0.05) is 11.6 Å². The van der Waals surface area contributed by atoms with Crippen molar-refractivity contribution < 1.29 is 13.5 Å². The third-order valence-electron chi connectivity index (χ3n) is 5.65. The van der Waals surface area contributed by atoms with E-state index < -0.39 is 10.0 Å². The van der Waals surface area contributed by atoms with Gasteiger partial charge in [-0.2, -0.15) is 9.57 Å². The van der Waals surface area contributed by atoms with Gasteiger partial charge in [0, 0.05) is 24.5 Å². The number of halogens is 1. The summed E-state index contributed by atoms with van der Waals surface area (Å²) in [4.78, 5) is 2.19. The van der Waals surface area contributed by atoms with Crippen molar-refractivity contribution in [3.05, 3.63) is 28.8 Å². The molecule has 0 aromatic heterocycles. The largest absolute Gasteiger partial charge is 0.396 e. The molecule has 1 aromatic rings. The Labute approximate surface area is 153 Å². The maximum Gasteiger partial charge on any atom is 0.244 e. The Balaban J connectivity index is 1.91. The molecule has 2 heterocycles. The molecule has 0 unspecified atom stereocenters. The van der Waals surface area contributed by atoms with Gasteiger partial charge in [-0.05, 0) is 51.1 Å². The average Bonchev–Trinajstić information content (AvgIpc) is 2.61. The molecule has 3 rings (SSSR count). The van der Waals surface area contributed by atoms with Crippen LogP contribution in [0.15, 0.2) is 23.1 Å². The maximum absolute atomic E-state index is 13.1. The molecule has 2 aliphatic rings. The van der Waals surface area contributed by atoms with Gasteiger partial charge in [0.2, 0.25) is 10.0 Å². The van der Waals surface area contributed by atoms with Crippen molar-refractivity contribution >= 4 is 21.6 Å². The molecule has 0 aliphatic carbocycles. The lowest BCUT2D eigenvalue weighted by Gasteiger charge is -2.53. The average molecular weight is 384 g/mol. The number of benzene rings is 1. The summed E-state index contributed by atoms with van der Waals surface area (Å²) in [7, 11) is -1.76. The standard InChI is InChI=1S/C17H22ClN3O3S/c1-20-7-2-5-17(12-22)6-8-21(11-16(17)20)25(23,24)15-4-3-13(10-19)9-14(15)18/h3-4,9,16,22H,2,5-8,11-12H2,1H3/t16-,17-/m1/s1. The molecule has 1 N–H and O–H groups in total. The third kappa shape index (κ3) is 3.18. The molecule has 8 heteroatoms. The summed E-state index contributed by atoms with van der Waals surface area (Å²) in [6.07, 6.45) is 2.57. The van der Waals surface area contributed by atoms with Crippen molar-refractivity contribution in [3.63, 3.8) is 0 Å². The number of aliphatic hydroxyl groups excluding tert-OH is 1. The number of likely N-dealkylation sites (N-methyl/N-ethyl adjacent to an activating group) is 1. The number of sulfonamides is 1. The van der Waals surface area contributed by atoms with Gasteiger partial charge in [-0.15, -0.1) is 0 Å². The monoisotopic (exact) mass is 383 g/mol. The van der Waals surface area contributed by atoms with Crippen LogP contribution in [0, 0.1) is 16.7 Å². The number of fused-ring (bicyclic) bond motifs is 1. The fraction of sp³-hybridized carbons (Fsp3) is 0.588. The van der Waals surface area contributed by atoms with Gasteiger partial charge >= 0.3 is 0 Å². The van der Waals surface area contributed by atoms with Crippen LogP contribution in [0.5, 0.6) is 0 Å². The van der Waals surface area contributed by atoms with E-state index in [-0.39, 0.29) is 28.0 Å². The van der Waals surface area contributed by atoms with E-state index in [1.807, 2.05) is 13.1 Å². The molecule has 0 bridgehead atoms. The number of nitrogens with zero attached hydrogens (tertiary/aromatic N) is 3. The maximum atomic E-state index is 13.1. The molecule has 2 saturated heterocycles. The van der Waals surface area contributed by atoms with E-state index >= 15 is 0 Å². The van der Waals surface area contributed by atoms with Gasteiger partial charge in [-0.25, -0.2) is 8.42 Å². The number of piperidine rings is 2. The number of rotatable bonds is 3. The minimum Gasteiger partial charge on any atom is -0.396 e. The highest BCUT2D eigenvalue weighted by molar-refractivity contribution is 7.89. The van der Waals surface area contributed by atoms with Crippen LogP contribution in [0.4, 0.5) is 0 Å². The minimum atomic E-state index is -3.74. The van der Waals surface area contributed by atoms with Gasteiger partial charge in [-0.3, -0.25) is 0 Å². The summed E-state index contributed by atoms with van der Waals surface area (Å²) >= 11 is 6.13. The summed E-state index contributed by atoms with van der Waals surface area (Å²) in [5.41, 5.74) is 0.0990. The SMILES string of the molecule is CN1CCC[C@]2(CO)CCN(S(=O)(=O)c3ccc(C#N)cc3Cl)C[C@@H]12. The van der Waals surface area contributed by atoms with Gasteiger partial charge in [0.1, 0.15) is 4.90 Å². The van der Waals surface area contributed by atoms with Crippen molar-refractivity contribution in [1.29, 1.82) is 5.26 Å². The quantitative estimate of drug-likeness (QED) is 0.858. The molecule has 2 fully saturated rings. The number of hydrogen-bond acceptors (Lipinski definition) is 5. The van der Waals surface area contributed by atoms with Crippen molar-refractivity contribution in [3.8, 4) is 6.07 Å². The number of hydrogen-bond donors (Lipinski definition) is 1. The summed E-state index contributed by atoms with van der Waals surface area (Å²) in [6.45, 7) is 1.69. The topological polar surface area (TPSA) is 84.6 Å². The van der Waals surface area contributed by atoms with Gasteiger partial charge in [0.15, 0.2) is 0 Å². The predicted octanol–water partition coefficient (Wildman–Crippen LogP) is 1.68. The number of aliphatic hydroxyl groups is 1. The molecule has 136 valence electrons. The van der Waals surface area contributed by atoms with E-state index in [1.165, 1.54) is 22.5 Å². The lowest BCUT2D eigenvalue weighted by molar-refractivity contribution is -0.0508. The van der Waals surface area contributed by atoms with E-state index in [0.29, 0.717) is 25.1 Å². The van der Waals surface area contributed by atoms with Crippen LogP contribution >= 0.6 is 11.6 Å². The van der Waals surface area contributed by atoms with Crippen molar-refractivity contribution in [2.24, 2.45) is 5.41 Å². The fourth-order valence-corrected chi connectivity index (χ4v) is 6.09. The molecular formula is C17H22ClN3O3S. The Morgan fingerprint density at radius 3 is 2.80 bits per heavy atom. The van der Waals surface area contributed by atoms with E-state index in [1.54, 1.807) is 0 Å². The molecular weight excluding hydrogens is 362 g/mol. The van der Waals surface area contributed by atoms with Crippen LogP contribution in [-0.4, -0.2) is 62.1 Å². The Hall–Kier alpha value is -1.17. The van der Waals surface area contributed by atoms with Gasteiger partial charge < -0.3 is 10.0 Å². The summed E-state index contributed by atoms with van der Waals surface area (Å²) in [6, 6.07) is 6.19. The zero-order valence-electron chi connectivity index (χ0n) is 14.2. The van der Waals surface area contributed by atoms with Crippen molar-refractivity contribution in [2.75, 3.05) is 33.3 Å². The van der Waals surface area contributed by atoms with Crippen LogP contribution in [0.2, 0.25) is 5.02 Å². The van der Waals surface area contributed by atoms with Crippen LogP contribution in [0.3, 0.4) is 0 Å². The van der Waals surface area contributed by atoms with Crippen molar-refractivity contribution in [1.82, 2.24) is 9.21 Å². The van der Waals surface area contributed by atoms with Crippen LogP contribution in [0.25, 0.3) is 0 Å². The number of nitriles is 1. The van der Waals surface area contributed by atoms with Crippen LogP contribution in [-0.2, 0) is 10.0 Å². The molecule has 0 amide bonds. The lowest BCUT2D eigenvalue weighted by atomic mass is 9.69. The summed E-state index contributed by atoms with van der Waals surface area (Å²) in [5, 5.41) is 18.9. The molecule has 2 atom stereocenters. The van der Waals surface area contributed by atoms with E-state index in [0.717, 1.165) is 19.4 Å². The Morgan fingerprint density at radius 2 is 2.16 bits per heavy atom. The highest BCUT2D eigenvalue weighted by Crippen LogP contribution is 2.43. The van der Waals surface area contributed by atoms with Gasteiger partial charge in [0.25, 0.3) is 0 Å². The smallest absolute Gasteiger partial charge is 0.244 e. The normalized spacial score (nSPS) is 28.3. The molecule has 0 saturated carbocycles. The first-order valence-electron chi connectivity index (χ1n) is 8.35. The first-order chi connectivity index (χ1) is 11.8.